The van der Waals surface area contributed by atoms with E-state index >= 15 is 0 Å². The quantitative estimate of drug-likeness (QED) is 0.740. The van der Waals surface area contributed by atoms with Crippen molar-refractivity contribution in [2.75, 3.05) is 31.1 Å². The van der Waals surface area contributed by atoms with Crippen molar-refractivity contribution in [3.05, 3.63) is 50.9 Å². The standard InChI is InChI=1S/C16H15Cl3N4O/c1-10-8-13(21-9-20-10)22-4-6-23(7-5-22)16(24)14-11(17)2-3-12(18)15(14)19/h2-3,8-9H,4-7H2,1H3. The number of hydrogen-bond donors (Lipinski definition) is 0. The summed E-state index contributed by atoms with van der Waals surface area (Å²) in [6, 6.07) is 5.10. The Morgan fingerprint density at radius 2 is 1.71 bits per heavy atom. The van der Waals surface area contributed by atoms with Crippen molar-refractivity contribution < 1.29 is 4.79 Å². The van der Waals surface area contributed by atoms with E-state index in [-0.39, 0.29) is 16.5 Å². The highest BCUT2D eigenvalue weighted by atomic mass is 35.5. The van der Waals surface area contributed by atoms with Crippen LogP contribution in [0.2, 0.25) is 15.1 Å². The number of carbonyl (C=O) groups excluding carboxylic acids is 1. The van der Waals surface area contributed by atoms with Crippen molar-refractivity contribution in [2.24, 2.45) is 0 Å². The molecule has 0 aliphatic carbocycles. The van der Waals surface area contributed by atoms with Crippen LogP contribution < -0.4 is 4.90 Å². The highest BCUT2D eigenvalue weighted by Gasteiger charge is 2.26. The van der Waals surface area contributed by atoms with Gasteiger partial charge >= 0.3 is 0 Å². The third kappa shape index (κ3) is 3.43. The van der Waals surface area contributed by atoms with Crippen molar-refractivity contribution in [3.8, 4) is 0 Å². The normalized spacial score (nSPS) is 14.8. The van der Waals surface area contributed by atoms with Crippen LogP contribution >= 0.6 is 34.8 Å². The lowest BCUT2D eigenvalue weighted by Gasteiger charge is -2.35. The molecule has 0 spiro atoms. The van der Waals surface area contributed by atoms with E-state index in [9.17, 15) is 4.79 Å². The molecule has 0 saturated carbocycles. The number of aromatic nitrogens is 2. The third-order valence-electron chi connectivity index (χ3n) is 3.94. The Labute approximate surface area is 155 Å². The second kappa shape index (κ2) is 7.13. The van der Waals surface area contributed by atoms with Gasteiger partial charge in [-0.05, 0) is 19.1 Å². The van der Waals surface area contributed by atoms with Crippen LogP contribution in [0.5, 0.6) is 0 Å². The lowest BCUT2D eigenvalue weighted by Crippen LogP contribution is -2.49. The van der Waals surface area contributed by atoms with Crippen LogP contribution in [0.15, 0.2) is 24.5 Å². The molecular formula is C16H15Cl3N4O. The van der Waals surface area contributed by atoms with E-state index in [2.05, 4.69) is 14.9 Å². The zero-order valence-corrected chi connectivity index (χ0v) is 15.2. The summed E-state index contributed by atoms with van der Waals surface area (Å²) in [5.41, 5.74) is 1.17. The summed E-state index contributed by atoms with van der Waals surface area (Å²) in [4.78, 5) is 25.0. The predicted octanol–water partition coefficient (Wildman–Crippen LogP) is 3.71. The number of halogens is 3. The van der Waals surface area contributed by atoms with Gasteiger partial charge in [0.2, 0.25) is 0 Å². The van der Waals surface area contributed by atoms with Gasteiger partial charge < -0.3 is 9.80 Å². The SMILES string of the molecule is Cc1cc(N2CCN(C(=O)c3c(Cl)ccc(Cl)c3Cl)CC2)ncn1. The predicted molar refractivity (Wildman–Crippen MR) is 96.4 cm³/mol. The summed E-state index contributed by atoms with van der Waals surface area (Å²) < 4.78 is 0. The van der Waals surface area contributed by atoms with Gasteiger partial charge in [-0.25, -0.2) is 9.97 Å². The molecule has 1 aliphatic heterocycles. The van der Waals surface area contributed by atoms with Gasteiger partial charge in [0.1, 0.15) is 12.1 Å². The first-order valence-electron chi connectivity index (χ1n) is 7.43. The smallest absolute Gasteiger partial charge is 0.257 e. The molecule has 1 saturated heterocycles. The summed E-state index contributed by atoms with van der Waals surface area (Å²) in [6.07, 6.45) is 1.55. The minimum Gasteiger partial charge on any atom is -0.353 e. The number of aryl methyl sites for hydroxylation is 1. The molecule has 1 fully saturated rings. The van der Waals surface area contributed by atoms with Gasteiger partial charge in [0.25, 0.3) is 5.91 Å². The Bertz CT molecular complexity index is 776. The number of carbonyl (C=O) groups is 1. The van der Waals surface area contributed by atoms with Crippen LogP contribution in [-0.2, 0) is 0 Å². The van der Waals surface area contributed by atoms with Gasteiger partial charge in [0, 0.05) is 37.9 Å². The second-order valence-corrected chi connectivity index (χ2v) is 6.71. The maximum Gasteiger partial charge on any atom is 0.257 e. The summed E-state index contributed by atoms with van der Waals surface area (Å²) in [7, 11) is 0. The molecule has 5 nitrogen and oxygen atoms in total. The highest BCUT2D eigenvalue weighted by molar-refractivity contribution is 6.46. The topological polar surface area (TPSA) is 49.3 Å². The summed E-state index contributed by atoms with van der Waals surface area (Å²) in [5, 5.41) is 0.825. The Hall–Kier alpha value is -1.56. The Morgan fingerprint density at radius 1 is 1.04 bits per heavy atom. The molecule has 0 radical (unpaired) electrons. The zero-order valence-electron chi connectivity index (χ0n) is 13.0. The molecule has 0 unspecified atom stereocenters. The van der Waals surface area contributed by atoms with Crippen LogP contribution in [0.1, 0.15) is 16.1 Å². The number of piperazine rings is 1. The van der Waals surface area contributed by atoms with Crippen molar-refractivity contribution in [3.63, 3.8) is 0 Å². The Balaban J connectivity index is 1.73. The average molecular weight is 386 g/mol. The Morgan fingerprint density at radius 3 is 2.38 bits per heavy atom. The van der Waals surface area contributed by atoms with Crippen LogP contribution in [-0.4, -0.2) is 47.0 Å². The second-order valence-electron chi connectivity index (χ2n) is 5.52. The van der Waals surface area contributed by atoms with E-state index in [0.717, 1.165) is 11.5 Å². The fourth-order valence-electron chi connectivity index (χ4n) is 2.63. The molecular weight excluding hydrogens is 371 g/mol. The molecule has 0 atom stereocenters. The van der Waals surface area contributed by atoms with Crippen molar-refractivity contribution in [1.29, 1.82) is 0 Å². The van der Waals surface area contributed by atoms with Crippen LogP contribution in [0.3, 0.4) is 0 Å². The largest absolute Gasteiger partial charge is 0.353 e. The van der Waals surface area contributed by atoms with Crippen LogP contribution in [0.4, 0.5) is 5.82 Å². The molecule has 0 bridgehead atoms. The fraction of sp³-hybridized carbons (Fsp3) is 0.312. The van der Waals surface area contributed by atoms with Gasteiger partial charge in [-0.3, -0.25) is 4.79 Å². The molecule has 2 aromatic rings. The van der Waals surface area contributed by atoms with E-state index in [0.29, 0.717) is 36.2 Å². The maximum atomic E-state index is 12.7. The maximum absolute atomic E-state index is 12.7. The number of nitrogens with zero attached hydrogens (tertiary/aromatic N) is 4. The molecule has 126 valence electrons. The van der Waals surface area contributed by atoms with E-state index in [1.807, 2.05) is 13.0 Å². The number of hydrogen-bond acceptors (Lipinski definition) is 4. The molecule has 3 rings (SSSR count). The summed E-state index contributed by atoms with van der Waals surface area (Å²) in [6.45, 7) is 4.40. The van der Waals surface area contributed by atoms with Crippen molar-refractivity contribution >= 4 is 46.5 Å². The molecule has 2 heterocycles. The number of amides is 1. The minimum absolute atomic E-state index is 0.197. The van der Waals surface area contributed by atoms with Crippen molar-refractivity contribution in [1.82, 2.24) is 14.9 Å². The molecule has 1 aliphatic rings. The first-order valence-corrected chi connectivity index (χ1v) is 8.57. The molecule has 1 aromatic carbocycles. The van der Waals surface area contributed by atoms with Gasteiger partial charge in [-0.15, -0.1) is 0 Å². The monoisotopic (exact) mass is 384 g/mol. The summed E-state index contributed by atoms with van der Waals surface area (Å²) in [5.74, 6) is 0.666. The third-order valence-corrected chi connectivity index (χ3v) is 5.06. The van der Waals surface area contributed by atoms with Gasteiger partial charge in [-0.1, -0.05) is 34.8 Å². The van der Waals surface area contributed by atoms with E-state index in [1.54, 1.807) is 23.4 Å². The van der Waals surface area contributed by atoms with E-state index in [1.165, 1.54) is 0 Å². The van der Waals surface area contributed by atoms with Crippen molar-refractivity contribution in [2.45, 2.75) is 6.92 Å². The van der Waals surface area contributed by atoms with E-state index < -0.39 is 0 Å². The Kier molecular flexibility index (Phi) is 5.13. The number of benzene rings is 1. The average Bonchev–Trinajstić information content (AvgIpc) is 2.58. The zero-order chi connectivity index (χ0) is 17.3. The van der Waals surface area contributed by atoms with Crippen LogP contribution in [0.25, 0.3) is 0 Å². The van der Waals surface area contributed by atoms with Gasteiger partial charge in [0.15, 0.2) is 0 Å². The molecule has 1 amide bonds. The molecule has 0 N–H and O–H groups in total. The molecule has 24 heavy (non-hydrogen) atoms. The first kappa shape index (κ1) is 17.3. The highest BCUT2D eigenvalue weighted by Crippen LogP contribution is 2.32. The van der Waals surface area contributed by atoms with E-state index in [4.69, 9.17) is 34.8 Å². The van der Waals surface area contributed by atoms with Gasteiger partial charge in [0.05, 0.1) is 20.6 Å². The lowest BCUT2D eigenvalue weighted by molar-refractivity contribution is 0.0747. The summed E-state index contributed by atoms with van der Waals surface area (Å²) >= 11 is 18.3. The van der Waals surface area contributed by atoms with Crippen LogP contribution in [0, 0.1) is 6.92 Å². The number of anilines is 1. The lowest BCUT2D eigenvalue weighted by atomic mass is 10.1. The minimum atomic E-state index is -0.203. The van der Waals surface area contributed by atoms with Gasteiger partial charge in [-0.2, -0.15) is 0 Å². The molecule has 8 heteroatoms. The molecule has 1 aromatic heterocycles. The first-order chi connectivity index (χ1) is 11.5. The fourth-order valence-corrected chi connectivity index (χ4v) is 3.32. The number of rotatable bonds is 2.